The zero-order valence-electron chi connectivity index (χ0n) is 21.0. The molecular formula is C27H29FN6O3. The number of hydrogen-bond donors (Lipinski definition) is 1. The van der Waals surface area contributed by atoms with Crippen molar-refractivity contribution in [1.82, 2.24) is 24.8 Å². The first-order valence-electron chi connectivity index (χ1n) is 12.4. The van der Waals surface area contributed by atoms with E-state index in [1.54, 1.807) is 55.9 Å². The quantitative estimate of drug-likeness (QED) is 0.564. The molecular weight excluding hydrogens is 475 g/mol. The number of fused-ring (bicyclic) bond motifs is 3. The van der Waals surface area contributed by atoms with Gasteiger partial charge in [-0.3, -0.25) is 9.69 Å². The number of piperidine rings is 1. The number of aromatic nitrogens is 3. The van der Waals surface area contributed by atoms with Crippen LogP contribution >= 0.6 is 0 Å². The van der Waals surface area contributed by atoms with Crippen molar-refractivity contribution in [2.75, 3.05) is 0 Å². The molecule has 2 amide bonds. The number of nitrogens with zero attached hydrogens (tertiary/aromatic N) is 5. The summed E-state index contributed by atoms with van der Waals surface area (Å²) in [6, 6.07) is 8.66. The van der Waals surface area contributed by atoms with Crippen molar-refractivity contribution >= 4 is 17.6 Å². The van der Waals surface area contributed by atoms with Gasteiger partial charge in [0.15, 0.2) is 5.65 Å². The van der Waals surface area contributed by atoms with Gasteiger partial charge in [0.1, 0.15) is 23.5 Å². The minimum absolute atomic E-state index is 0.00563. The number of ether oxygens (including phenoxy) is 1. The summed E-state index contributed by atoms with van der Waals surface area (Å²) >= 11 is 0. The maximum Gasteiger partial charge on any atom is 0.411 e. The molecule has 4 atom stereocenters. The second-order valence-electron chi connectivity index (χ2n) is 10.7. The molecule has 1 N–H and O–H groups in total. The van der Waals surface area contributed by atoms with Crippen LogP contribution in [0.2, 0.25) is 0 Å². The van der Waals surface area contributed by atoms with E-state index >= 15 is 4.39 Å². The number of nitriles is 1. The lowest BCUT2D eigenvalue weighted by atomic mass is 9.97. The van der Waals surface area contributed by atoms with Crippen molar-refractivity contribution in [3.05, 3.63) is 54.1 Å². The van der Waals surface area contributed by atoms with Gasteiger partial charge >= 0.3 is 6.09 Å². The fraction of sp³-hybridized carbons (Fsp3) is 0.444. The van der Waals surface area contributed by atoms with Gasteiger partial charge < -0.3 is 10.1 Å². The van der Waals surface area contributed by atoms with E-state index in [9.17, 15) is 14.9 Å². The van der Waals surface area contributed by atoms with Gasteiger partial charge in [-0.1, -0.05) is 12.1 Å². The van der Waals surface area contributed by atoms with E-state index < -0.39 is 35.5 Å². The van der Waals surface area contributed by atoms with Gasteiger partial charge in [0, 0.05) is 24.2 Å². The molecule has 2 aromatic heterocycles. The minimum Gasteiger partial charge on any atom is -0.444 e. The molecule has 0 spiro atoms. The molecule has 3 unspecified atom stereocenters. The second kappa shape index (κ2) is 9.47. The highest BCUT2D eigenvalue weighted by Gasteiger charge is 2.52. The first kappa shape index (κ1) is 24.7. The fourth-order valence-corrected chi connectivity index (χ4v) is 5.35. The third-order valence-electron chi connectivity index (χ3n) is 6.94. The molecule has 3 heterocycles. The summed E-state index contributed by atoms with van der Waals surface area (Å²) in [5.41, 5.74) is 1.43. The summed E-state index contributed by atoms with van der Waals surface area (Å²) in [4.78, 5) is 32.1. The molecule has 1 aromatic carbocycles. The molecule has 2 aliphatic rings. The predicted molar refractivity (Wildman–Crippen MR) is 133 cm³/mol. The Morgan fingerprint density at radius 3 is 2.81 bits per heavy atom. The van der Waals surface area contributed by atoms with Crippen molar-refractivity contribution in [2.24, 2.45) is 5.92 Å². The van der Waals surface area contributed by atoms with Gasteiger partial charge in [0.25, 0.3) is 0 Å². The van der Waals surface area contributed by atoms with Crippen LogP contribution in [0.1, 0.15) is 45.6 Å². The average Bonchev–Trinajstić information content (AvgIpc) is 3.57. The van der Waals surface area contributed by atoms with Crippen molar-refractivity contribution < 1.29 is 18.7 Å². The van der Waals surface area contributed by atoms with Crippen LogP contribution in [0.25, 0.3) is 16.9 Å². The van der Waals surface area contributed by atoms with Crippen LogP contribution in [0.3, 0.4) is 0 Å². The van der Waals surface area contributed by atoms with Gasteiger partial charge in [-0.05, 0) is 69.7 Å². The molecule has 192 valence electrons. The summed E-state index contributed by atoms with van der Waals surface area (Å²) in [5, 5.41) is 16.6. The first-order chi connectivity index (χ1) is 17.6. The van der Waals surface area contributed by atoms with Crippen molar-refractivity contribution in [3.8, 4) is 17.3 Å². The molecule has 37 heavy (non-hydrogen) atoms. The average molecular weight is 505 g/mol. The van der Waals surface area contributed by atoms with Crippen molar-refractivity contribution in [1.29, 1.82) is 5.26 Å². The monoisotopic (exact) mass is 504 g/mol. The molecule has 1 saturated heterocycles. The van der Waals surface area contributed by atoms with Gasteiger partial charge in [0.2, 0.25) is 5.91 Å². The summed E-state index contributed by atoms with van der Waals surface area (Å²) in [7, 11) is 0. The smallest absolute Gasteiger partial charge is 0.411 e. The number of nitrogens with one attached hydrogen (secondary N) is 1. The van der Waals surface area contributed by atoms with Crippen LogP contribution in [0.5, 0.6) is 0 Å². The lowest BCUT2D eigenvalue weighted by Crippen LogP contribution is -2.55. The van der Waals surface area contributed by atoms with Crippen LogP contribution in [-0.4, -0.2) is 55.2 Å². The van der Waals surface area contributed by atoms with Crippen LogP contribution in [0.4, 0.5) is 9.18 Å². The van der Waals surface area contributed by atoms with E-state index in [0.717, 1.165) is 19.3 Å². The van der Waals surface area contributed by atoms with Crippen LogP contribution in [-0.2, 0) is 16.0 Å². The number of imidazole rings is 1. The molecule has 2 fully saturated rings. The first-order valence-corrected chi connectivity index (χ1v) is 12.4. The molecule has 1 saturated carbocycles. The largest absolute Gasteiger partial charge is 0.444 e. The molecule has 9 nitrogen and oxygen atoms in total. The maximum atomic E-state index is 15.0. The Balaban J connectivity index is 1.28. The third kappa shape index (κ3) is 4.99. The van der Waals surface area contributed by atoms with Crippen LogP contribution in [0, 0.1) is 23.1 Å². The molecule has 1 aliphatic heterocycles. The van der Waals surface area contributed by atoms with E-state index in [0.29, 0.717) is 22.5 Å². The number of carbonyl (C=O) groups is 2. The van der Waals surface area contributed by atoms with Gasteiger partial charge in [-0.2, -0.15) is 10.4 Å². The highest BCUT2D eigenvalue weighted by Crippen LogP contribution is 2.43. The summed E-state index contributed by atoms with van der Waals surface area (Å²) in [6.07, 6.45) is 5.24. The normalized spacial score (nSPS) is 21.6. The number of rotatable bonds is 5. The summed E-state index contributed by atoms with van der Waals surface area (Å²) in [5.74, 6) is -0.876. The van der Waals surface area contributed by atoms with Gasteiger partial charge in [0.05, 0.1) is 18.0 Å². The van der Waals surface area contributed by atoms with Crippen LogP contribution < -0.4 is 5.32 Å². The Labute approximate surface area is 214 Å². The molecule has 1 aliphatic carbocycles. The molecule has 3 aromatic rings. The Hall–Kier alpha value is -4.00. The number of halogens is 1. The Kier molecular flexibility index (Phi) is 6.31. The number of likely N-dealkylation sites (tertiary alicyclic amines) is 1. The zero-order chi connectivity index (χ0) is 26.3. The Morgan fingerprint density at radius 1 is 1.30 bits per heavy atom. The van der Waals surface area contributed by atoms with Gasteiger partial charge in [-0.25, -0.2) is 18.7 Å². The van der Waals surface area contributed by atoms with Crippen molar-refractivity contribution in [2.45, 2.75) is 70.2 Å². The zero-order valence-corrected chi connectivity index (χ0v) is 21.0. The Morgan fingerprint density at radius 2 is 2.11 bits per heavy atom. The lowest BCUT2D eigenvalue weighted by Gasteiger charge is -2.35. The standard InChI is InChI=1S/C27H29FN6O3/c1-27(2,3)37-26(36)34-20-9-8-18(12-20)24(34)25(35)31-19(14-29)11-16-6-7-17(13-21(16)28)22-15-33-23(32-22)5-4-10-30-33/h4-7,10,13,15,18-20,24H,8-9,11-12H2,1-3H3,(H,31,35)/t18?,19-,20?,24?/m0/s1. The summed E-state index contributed by atoms with van der Waals surface area (Å²) < 4.78 is 22.2. The number of carbonyl (C=O) groups excluding carboxylic acids is 2. The van der Waals surface area contributed by atoms with Gasteiger partial charge in [-0.15, -0.1) is 0 Å². The second-order valence-corrected chi connectivity index (χ2v) is 10.7. The van der Waals surface area contributed by atoms with E-state index in [1.165, 1.54) is 11.0 Å². The number of hydrogen-bond acceptors (Lipinski definition) is 6. The SMILES string of the molecule is CC(C)(C)OC(=O)N1C2CCC(C2)C1C(=O)N[C@H](C#N)Cc1ccc(-c2cn3ncccc3n2)cc1F. The van der Waals surface area contributed by atoms with Crippen LogP contribution in [0.15, 0.2) is 42.7 Å². The molecule has 2 bridgehead atoms. The molecule has 5 rings (SSSR count). The summed E-state index contributed by atoms with van der Waals surface area (Å²) in [6.45, 7) is 5.35. The van der Waals surface area contributed by atoms with E-state index in [4.69, 9.17) is 4.74 Å². The lowest BCUT2D eigenvalue weighted by molar-refractivity contribution is -0.128. The molecule has 0 radical (unpaired) electrons. The topological polar surface area (TPSA) is 113 Å². The predicted octanol–water partition coefficient (Wildman–Crippen LogP) is 3.87. The Bertz CT molecular complexity index is 1360. The highest BCUT2D eigenvalue weighted by molar-refractivity contribution is 5.87. The minimum atomic E-state index is -0.952. The number of amides is 2. The molecule has 10 heteroatoms. The van der Waals surface area contributed by atoms with E-state index in [-0.39, 0.29) is 18.4 Å². The highest BCUT2D eigenvalue weighted by atomic mass is 19.1. The maximum absolute atomic E-state index is 15.0. The fourth-order valence-electron chi connectivity index (χ4n) is 5.35. The third-order valence-corrected chi connectivity index (χ3v) is 6.94. The number of benzene rings is 1. The van der Waals surface area contributed by atoms with E-state index in [1.807, 2.05) is 6.07 Å². The van der Waals surface area contributed by atoms with E-state index in [2.05, 4.69) is 21.5 Å². The van der Waals surface area contributed by atoms with Crippen molar-refractivity contribution in [3.63, 3.8) is 0 Å².